The summed E-state index contributed by atoms with van der Waals surface area (Å²) < 4.78 is 11.2. The molecular weight excluding hydrogens is 330 g/mol. The van der Waals surface area contributed by atoms with Gasteiger partial charge in [0.05, 0.1) is 19.8 Å². The zero-order valence-electron chi connectivity index (χ0n) is 15.3. The van der Waals surface area contributed by atoms with Gasteiger partial charge in [-0.05, 0) is 42.2 Å². The maximum Gasteiger partial charge on any atom is 0.255 e. The number of aliphatic hydroxyl groups is 1. The van der Waals surface area contributed by atoms with E-state index in [4.69, 9.17) is 9.47 Å². The molecule has 0 fully saturated rings. The average molecular weight is 355 g/mol. The maximum absolute atomic E-state index is 12.9. The Labute approximate surface area is 154 Å². The van der Waals surface area contributed by atoms with E-state index in [0.29, 0.717) is 31.1 Å². The molecule has 138 valence electrons. The Hall–Kier alpha value is -2.53. The lowest BCUT2D eigenvalue weighted by molar-refractivity contribution is 0.0670. The van der Waals surface area contributed by atoms with Crippen molar-refractivity contribution in [2.75, 3.05) is 20.3 Å². The molecule has 1 amide bonds. The fourth-order valence-electron chi connectivity index (χ4n) is 3.38. The van der Waals surface area contributed by atoms with Gasteiger partial charge in [-0.3, -0.25) is 4.79 Å². The molecule has 0 bridgehead atoms. The second-order valence-corrected chi connectivity index (χ2v) is 6.38. The lowest BCUT2D eigenvalue weighted by Gasteiger charge is -2.28. The Morgan fingerprint density at radius 2 is 2.00 bits per heavy atom. The lowest BCUT2D eigenvalue weighted by atomic mass is 10.0. The minimum Gasteiger partial charge on any atom is -0.493 e. The fraction of sp³-hybridized carbons (Fsp3) is 0.381. The molecule has 1 N–H and O–H groups in total. The number of amides is 1. The molecule has 1 aliphatic heterocycles. The summed E-state index contributed by atoms with van der Waals surface area (Å²) in [5.41, 5.74) is 2.70. The van der Waals surface area contributed by atoms with E-state index in [2.05, 4.69) is 0 Å². The zero-order valence-corrected chi connectivity index (χ0v) is 15.3. The predicted molar refractivity (Wildman–Crippen MR) is 99.5 cm³/mol. The third-order valence-corrected chi connectivity index (χ3v) is 4.66. The van der Waals surface area contributed by atoms with Crippen LogP contribution in [0.4, 0.5) is 0 Å². The Balaban J connectivity index is 1.92. The van der Waals surface area contributed by atoms with Crippen molar-refractivity contribution in [1.82, 2.24) is 4.90 Å². The van der Waals surface area contributed by atoms with Gasteiger partial charge in [0.1, 0.15) is 0 Å². The quantitative estimate of drug-likeness (QED) is 0.786. The topological polar surface area (TPSA) is 59.0 Å². The summed E-state index contributed by atoms with van der Waals surface area (Å²) in [5, 5.41) is 9.58. The van der Waals surface area contributed by atoms with Gasteiger partial charge in [0.15, 0.2) is 11.5 Å². The van der Waals surface area contributed by atoms with Crippen LogP contribution in [0.25, 0.3) is 0 Å². The third kappa shape index (κ3) is 3.53. The number of carbonyl (C=O) groups is 1. The van der Waals surface area contributed by atoms with Gasteiger partial charge in [0.25, 0.3) is 5.91 Å². The normalized spacial score (nSPS) is 14.3. The van der Waals surface area contributed by atoms with Crippen LogP contribution in [-0.4, -0.2) is 36.2 Å². The van der Waals surface area contributed by atoms with E-state index in [0.717, 1.165) is 23.1 Å². The van der Waals surface area contributed by atoms with E-state index in [1.807, 2.05) is 54.3 Å². The van der Waals surface area contributed by atoms with Gasteiger partial charge in [-0.1, -0.05) is 31.2 Å². The minimum atomic E-state index is -0.213. The number of hydrogen-bond donors (Lipinski definition) is 1. The molecule has 1 atom stereocenters. The van der Waals surface area contributed by atoms with E-state index in [-0.39, 0.29) is 18.6 Å². The summed E-state index contributed by atoms with van der Waals surface area (Å²) in [4.78, 5) is 14.7. The summed E-state index contributed by atoms with van der Waals surface area (Å²) in [5.74, 6) is 1.34. The Morgan fingerprint density at radius 1 is 1.19 bits per heavy atom. The highest BCUT2D eigenvalue weighted by Gasteiger charge is 2.33. The van der Waals surface area contributed by atoms with Crippen molar-refractivity contribution in [2.45, 2.75) is 32.4 Å². The van der Waals surface area contributed by atoms with Crippen LogP contribution in [-0.2, 0) is 6.54 Å². The van der Waals surface area contributed by atoms with E-state index >= 15 is 0 Å². The first-order chi connectivity index (χ1) is 12.7. The van der Waals surface area contributed by atoms with E-state index in [1.54, 1.807) is 7.11 Å². The number of ether oxygens (including phenoxy) is 2. The zero-order chi connectivity index (χ0) is 18.5. The number of benzene rings is 2. The molecule has 1 heterocycles. The van der Waals surface area contributed by atoms with Crippen LogP contribution in [0, 0.1) is 0 Å². The number of aliphatic hydroxyl groups excluding tert-OH is 1. The Kier molecular flexibility index (Phi) is 5.78. The molecule has 0 saturated heterocycles. The largest absolute Gasteiger partial charge is 0.493 e. The van der Waals surface area contributed by atoms with Gasteiger partial charge in [0, 0.05) is 18.7 Å². The predicted octanol–water partition coefficient (Wildman–Crippen LogP) is 3.56. The molecule has 2 aromatic rings. The molecule has 3 rings (SSSR count). The van der Waals surface area contributed by atoms with Crippen LogP contribution in [0.15, 0.2) is 42.5 Å². The van der Waals surface area contributed by atoms with Gasteiger partial charge < -0.3 is 19.5 Å². The molecule has 0 radical (unpaired) electrons. The summed E-state index contributed by atoms with van der Waals surface area (Å²) in [7, 11) is 1.61. The van der Waals surface area contributed by atoms with Crippen molar-refractivity contribution in [3.8, 4) is 11.5 Å². The number of hydrogen-bond acceptors (Lipinski definition) is 4. The molecule has 2 aromatic carbocycles. The van der Waals surface area contributed by atoms with Crippen LogP contribution >= 0.6 is 0 Å². The molecule has 0 aromatic heterocycles. The number of methoxy groups -OCH3 is 1. The lowest BCUT2D eigenvalue weighted by Crippen LogP contribution is -2.30. The first-order valence-electron chi connectivity index (χ1n) is 9.00. The van der Waals surface area contributed by atoms with Crippen LogP contribution < -0.4 is 9.47 Å². The summed E-state index contributed by atoms with van der Waals surface area (Å²) >= 11 is 0. The van der Waals surface area contributed by atoms with Gasteiger partial charge >= 0.3 is 0 Å². The molecule has 1 unspecified atom stereocenters. The average Bonchev–Trinajstić information content (AvgIpc) is 3.01. The van der Waals surface area contributed by atoms with E-state index < -0.39 is 0 Å². The van der Waals surface area contributed by atoms with E-state index in [1.165, 1.54) is 0 Å². The highest BCUT2D eigenvalue weighted by Crippen LogP contribution is 2.37. The fourth-order valence-corrected chi connectivity index (χ4v) is 3.38. The molecule has 5 heteroatoms. The van der Waals surface area contributed by atoms with Crippen molar-refractivity contribution >= 4 is 5.91 Å². The van der Waals surface area contributed by atoms with Crippen molar-refractivity contribution < 1.29 is 19.4 Å². The molecule has 1 aliphatic rings. The highest BCUT2D eigenvalue weighted by atomic mass is 16.5. The summed E-state index contributed by atoms with van der Waals surface area (Å²) in [6.45, 7) is 3.20. The molecule has 0 spiro atoms. The first-order valence-corrected chi connectivity index (χ1v) is 9.00. The van der Waals surface area contributed by atoms with Crippen molar-refractivity contribution in [3.63, 3.8) is 0 Å². The SMILES string of the molecule is CCCOc1cc(C(CCO)N2Cc3ccccc3C2=O)ccc1OC. The second kappa shape index (κ2) is 8.23. The molecule has 0 aliphatic carbocycles. The second-order valence-electron chi connectivity index (χ2n) is 6.38. The van der Waals surface area contributed by atoms with Crippen molar-refractivity contribution in [2.24, 2.45) is 0 Å². The molecule has 26 heavy (non-hydrogen) atoms. The van der Waals surface area contributed by atoms with Crippen LogP contribution in [0.1, 0.15) is 47.3 Å². The van der Waals surface area contributed by atoms with Crippen LogP contribution in [0.5, 0.6) is 11.5 Å². The molecular formula is C21H25NO4. The van der Waals surface area contributed by atoms with Gasteiger partial charge in [0.2, 0.25) is 0 Å². The summed E-state index contributed by atoms with van der Waals surface area (Å²) in [6.07, 6.45) is 1.37. The van der Waals surface area contributed by atoms with Gasteiger partial charge in [-0.15, -0.1) is 0 Å². The van der Waals surface area contributed by atoms with Crippen molar-refractivity contribution in [1.29, 1.82) is 0 Å². The summed E-state index contributed by atoms with van der Waals surface area (Å²) in [6, 6.07) is 13.2. The van der Waals surface area contributed by atoms with Gasteiger partial charge in [-0.2, -0.15) is 0 Å². The smallest absolute Gasteiger partial charge is 0.255 e. The number of fused-ring (bicyclic) bond motifs is 1. The first kappa shape index (κ1) is 18.3. The van der Waals surface area contributed by atoms with Gasteiger partial charge in [-0.25, -0.2) is 0 Å². The maximum atomic E-state index is 12.9. The van der Waals surface area contributed by atoms with Crippen LogP contribution in [0.3, 0.4) is 0 Å². The molecule has 5 nitrogen and oxygen atoms in total. The Bertz CT molecular complexity index is 774. The Morgan fingerprint density at radius 3 is 2.69 bits per heavy atom. The molecule has 0 saturated carbocycles. The van der Waals surface area contributed by atoms with E-state index in [9.17, 15) is 9.90 Å². The highest BCUT2D eigenvalue weighted by molar-refractivity contribution is 5.98. The van der Waals surface area contributed by atoms with Crippen LogP contribution in [0.2, 0.25) is 0 Å². The monoisotopic (exact) mass is 355 g/mol. The number of carbonyl (C=O) groups excluding carboxylic acids is 1. The number of nitrogens with zero attached hydrogens (tertiary/aromatic N) is 1. The number of rotatable bonds is 8. The third-order valence-electron chi connectivity index (χ3n) is 4.66. The standard InChI is InChI=1S/C21H25NO4/c1-3-12-26-20-13-15(8-9-19(20)25-2)18(10-11-23)22-14-16-6-4-5-7-17(16)21(22)24/h4-9,13,18,23H,3,10-12,14H2,1-2H3. The minimum absolute atomic E-state index is 0.00196. The van der Waals surface area contributed by atoms with Crippen molar-refractivity contribution in [3.05, 3.63) is 59.2 Å².